The Morgan fingerprint density at radius 3 is 2.64 bits per heavy atom. The summed E-state index contributed by atoms with van der Waals surface area (Å²) in [5, 5.41) is 8.89. The summed E-state index contributed by atoms with van der Waals surface area (Å²) in [4.78, 5) is 11.7. The summed E-state index contributed by atoms with van der Waals surface area (Å²) >= 11 is 0. The molecule has 0 bridgehead atoms. The van der Waals surface area contributed by atoms with Crippen LogP contribution in [0.2, 0.25) is 0 Å². The molecule has 2 aliphatic carbocycles. The van der Waals surface area contributed by atoms with Gasteiger partial charge < -0.3 is 0 Å². The first kappa shape index (κ1) is 18.4. The fourth-order valence-electron chi connectivity index (χ4n) is 4.07. The van der Waals surface area contributed by atoms with Crippen LogP contribution >= 0.6 is 0 Å². The highest BCUT2D eigenvalue weighted by Crippen LogP contribution is 2.43. The average molecular weight is 375 g/mol. The van der Waals surface area contributed by atoms with Gasteiger partial charge in [-0.2, -0.15) is 0 Å². The number of benzene rings is 2. The number of carbonyl (C=O) groups is 1. The third-order valence-electron chi connectivity index (χ3n) is 5.55. The molecular formula is C24H22FNO2. The molecule has 0 spiro atoms. The summed E-state index contributed by atoms with van der Waals surface area (Å²) in [5.74, 6) is -0.857. The molecule has 2 aromatic rings. The molecule has 0 aliphatic heterocycles. The van der Waals surface area contributed by atoms with E-state index < -0.39 is 5.91 Å². The zero-order valence-electron chi connectivity index (χ0n) is 15.8. The number of hydroxylamine groups is 1. The second-order valence-electron chi connectivity index (χ2n) is 7.31. The molecule has 2 aliphatic rings. The molecule has 4 rings (SSSR count). The highest BCUT2D eigenvalue weighted by atomic mass is 19.1. The lowest BCUT2D eigenvalue weighted by atomic mass is 9.99. The van der Waals surface area contributed by atoms with Crippen molar-refractivity contribution in [2.75, 3.05) is 0 Å². The summed E-state index contributed by atoms with van der Waals surface area (Å²) in [6, 6.07) is 13.1. The van der Waals surface area contributed by atoms with Gasteiger partial charge in [0.25, 0.3) is 0 Å². The van der Waals surface area contributed by atoms with E-state index in [-0.39, 0.29) is 12.2 Å². The maximum Gasteiger partial charge on any atom is 0.247 e. The molecule has 0 fully saturated rings. The summed E-state index contributed by atoms with van der Waals surface area (Å²) < 4.78 is 13.8. The minimum atomic E-state index is -0.514. The van der Waals surface area contributed by atoms with Crippen molar-refractivity contribution in [2.45, 2.75) is 32.6 Å². The van der Waals surface area contributed by atoms with Crippen LogP contribution in [-0.4, -0.2) is 11.1 Å². The average Bonchev–Trinajstić information content (AvgIpc) is 3.32. The predicted molar refractivity (Wildman–Crippen MR) is 110 cm³/mol. The van der Waals surface area contributed by atoms with Crippen LogP contribution in [0.25, 0.3) is 22.8 Å². The van der Waals surface area contributed by atoms with E-state index in [1.807, 2.05) is 6.92 Å². The molecule has 0 radical (unpaired) electrons. The van der Waals surface area contributed by atoms with Gasteiger partial charge in [-0.15, -0.1) is 0 Å². The fraction of sp³-hybridized carbons (Fsp3) is 0.208. The highest BCUT2D eigenvalue weighted by Gasteiger charge is 2.25. The van der Waals surface area contributed by atoms with E-state index in [1.165, 1.54) is 29.7 Å². The Balaban J connectivity index is 1.72. The molecular weight excluding hydrogens is 353 g/mol. The Morgan fingerprint density at radius 2 is 1.96 bits per heavy atom. The number of halogens is 1. The molecule has 2 aromatic carbocycles. The number of hydrogen-bond acceptors (Lipinski definition) is 2. The van der Waals surface area contributed by atoms with Crippen LogP contribution in [0.5, 0.6) is 0 Å². The lowest BCUT2D eigenvalue weighted by Crippen LogP contribution is -2.18. The van der Waals surface area contributed by atoms with Crippen molar-refractivity contribution >= 4 is 28.7 Å². The molecule has 0 atom stereocenters. The van der Waals surface area contributed by atoms with Gasteiger partial charge in [-0.3, -0.25) is 10.0 Å². The minimum absolute atomic E-state index is 0.00319. The van der Waals surface area contributed by atoms with Crippen LogP contribution in [0, 0.1) is 5.82 Å². The van der Waals surface area contributed by atoms with Crippen LogP contribution < -0.4 is 5.48 Å². The standard InChI is InChI=1S/C24H22FNO2/c1-15-21(12-16-6-8-18(9-7-16)17-4-2-3-5-17)20-11-10-19(25)13-23(20)22(15)14-24(27)26-28/h4,6-13,28H,2-3,5,14H2,1H3,(H,26,27)/b21-12-. The van der Waals surface area contributed by atoms with Crippen LogP contribution in [-0.2, 0) is 4.79 Å². The van der Waals surface area contributed by atoms with Gasteiger partial charge >= 0.3 is 0 Å². The second-order valence-corrected chi connectivity index (χ2v) is 7.31. The Labute approximate surface area is 163 Å². The third kappa shape index (κ3) is 3.43. The molecule has 4 heteroatoms. The van der Waals surface area contributed by atoms with Crippen molar-refractivity contribution in [3.8, 4) is 0 Å². The second kappa shape index (κ2) is 7.56. The van der Waals surface area contributed by atoms with Crippen molar-refractivity contribution in [1.29, 1.82) is 0 Å². The van der Waals surface area contributed by atoms with Gasteiger partial charge in [0.15, 0.2) is 0 Å². The van der Waals surface area contributed by atoms with Crippen molar-refractivity contribution in [1.82, 2.24) is 5.48 Å². The molecule has 0 unspecified atom stereocenters. The van der Waals surface area contributed by atoms with E-state index in [9.17, 15) is 9.18 Å². The molecule has 2 N–H and O–H groups in total. The molecule has 0 saturated carbocycles. The normalized spacial score (nSPS) is 17.1. The SMILES string of the molecule is CC1=C(CC(=O)NO)c2cc(F)ccc2/C1=C\c1ccc(C2=CCCC2)cc1. The first-order valence-electron chi connectivity index (χ1n) is 9.51. The van der Waals surface area contributed by atoms with Crippen LogP contribution in [0.3, 0.4) is 0 Å². The summed E-state index contributed by atoms with van der Waals surface area (Å²) in [6.45, 7) is 1.93. The van der Waals surface area contributed by atoms with Crippen molar-refractivity contribution in [2.24, 2.45) is 0 Å². The van der Waals surface area contributed by atoms with Gasteiger partial charge in [0.1, 0.15) is 5.82 Å². The largest absolute Gasteiger partial charge is 0.289 e. The number of rotatable bonds is 4. The zero-order chi connectivity index (χ0) is 19.7. The van der Waals surface area contributed by atoms with Gasteiger partial charge in [0.05, 0.1) is 6.42 Å². The van der Waals surface area contributed by atoms with Crippen LogP contribution in [0.4, 0.5) is 4.39 Å². The quantitative estimate of drug-likeness (QED) is 0.538. The molecule has 1 amide bonds. The van der Waals surface area contributed by atoms with Crippen molar-refractivity contribution in [3.63, 3.8) is 0 Å². The monoisotopic (exact) mass is 375 g/mol. The van der Waals surface area contributed by atoms with Gasteiger partial charge in [-0.1, -0.05) is 36.4 Å². The molecule has 3 nitrogen and oxygen atoms in total. The smallest absolute Gasteiger partial charge is 0.247 e. The van der Waals surface area contributed by atoms with E-state index in [4.69, 9.17) is 5.21 Å². The van der Waals surface area contributed by atoms with Crippen molar-refractivity contribution < 1.29 is 14.4 Å². The van der Waals surface area contributed by atoms with Gasteiger partial charge in [-0.05, 0) is 88.9 Å². The summed E-state index contributed by atoms with van der Waals surface area (Å²) in [7, 11) is 0. The highest BCUT2D eigenvalue weighted by molar-refractivity contribution is 6.08. The first-order chi connectivity index (χ1) is 13.6. The molecule has 28 heavy (non-hydrogen) atoms. The van der Waals surface area contributed by atoms with E-state index in [2.05, 4.69) is 36.4 Å². The zero-order valence-corrected chi connectivity index (χ0v) is 15.8. The predicted octanol–water partition coefficient (Wildman–Crippen LogP) is 5.62. The van der Waals surface area contributed by atoms with E-state index in [0.29, 0.717) is 5.56 Å². The Kier molecular flexibility index (Phi) is 4.97. The first-order valence-corrected chi connectivity index (χ1v) is 9.51. The van der Waals surface area contributed by atoms with Gasteiger partial charge in [0, 0.05) is 0 Å². The number of hydrogen-bond donors (Lipinski definition) is 2. The van der Waals surface area contributed by atoms with Gasteiger partial charge in [0.2, 0.25) is 5.91 Å². The molecule has 142 valence electrons. The van der Waals surface area contributed by atoms with E-state index >= 15 is 0 Å². The lowest BCUT2D eigenvalue weighted by molar-refractivity contribution is -0.128. The molecule has 0 heterocycles. The fourth-order valence-corrected chi connectivity index (χ4v) is 4.07. The Hall–Kier alpha value is -2.98. The number of fused-ring (bicyclic) bond motifs is 1. The summed E-state index contributed by atoms with van der Waals surface area (Å²) in [5.41, 5.74) is 9.64. The lowest BCUT2D eigenvalue weighted by Gasteiger charge is -2.06. The number of allylic oxidation sites excluding steroid dienone is 4. The number of carbonyl (C=O) groups excluding carboxylic acids is 1. The maximum atomic E-state index is 13.8. The molecule has 0 aromatic heterocycles. The van der Waals surface area contributed by atoms with Crippen LogP contribution in [0.15, 0.2) is 54.1 Å². The number of nitrogens with one attached hydrogen (secondary N) is 1. The molecule has 0 saturated heterocycles. The summed E-state index contributed by atoms with van der Waals surface area (Å²) in [6.07, 6.45) is 7.90. The maximum absolute atomic E-state index is 13.8. The van der Waals surface area contributed by atoms with Crippen molar-refractivity contribution in [3.05, 3.63) is 82.2 Å². The topological polar surface area (TPSA) is 49.3 Å². The Bertz CT molecular complexity index is 1030. The van der Waals surface area contributed by atoms with E-state index in [1.54, 1.807) is 11.5 Å². The third-order valence-corrected chi connectivity index (χ3v) is 5.55. The minimum Gasteiger partial charge on any atom is -0.289 e. The Morgan fingerprint density at radius 1 is 1.18 bits per heavy atom. The number of amides is 1. The van der Waals surface area contributed by atoms with Crippen LogP contribution in [0.1, 0.15) is 54.9 Å². The van der Waals surface area contributed by atoms with Gasteiger partial charge in [-0.25, -0.2) is 9.87 Å². The van der Waals surface area contributed by atoms with E-state index in [0.717, 1.165) is 40.7 Å².